The van der Waals surface area contributed by atoms with Crippen molar-refractivity contribution in [3.63, 3.8) is 0 Å². The monoisotopic (exact) mass is 426 g/mol. The van der Waals surface area contributed by atoms with Crippen LogP contribution in [0.15, 0.2) is 53.0 Å². The fraction of sp³-hybridized carbons (Fsp3) is 0.316. The lowest BCUT2D eigenvalue weighted by atomic mass is 9.81. The molecule has 0 saturated carbocycles. The quantitative estimate of drug-likeness (QED) is 0.483. The molecule has 0 bridgehead atoms. The lowest BCUT2D eigenvalue weighted by molar-refractivity contribution is 0.357. The van der Waals surface area contributed by atoms with E-state index in [2.05, 4.69) is 83.1 Å². The molecule has 0 heterocycles. The molecule has 0 aliphatic rings. The van der Waals surface area contributed by atoms with Crippen molar-refractivity contribution in [1.82, 2.24) is 5.32 Å². The molecule has 5 heteroatoms. The number of thiocarbonyl (C=S) groups is 1. The molecule has 0 saturated heterocycles. The van der Waals surface area contributed by atoms with Gasteiger partial charge < -0.3 is 11.1 Å². The SMILES string of the molecule is CCc1ccc(C(N)C(C)(NC=S)c2ccc(Br)cc2)cc1.CCl. The first-order valence-corrected chi connectivity index (χ1v) is 9.73. The van der Waals surface area contributed by atoms with Gasteiger partial charge in [0.25, 0.3) is 0 Å². The summed E-state index contributed by atoms with van der Waals surface area (Å²) in [5.74, 6) is 0. The number of nitrogens with one attached hydrogen (secondary N) is 1. The Labute approximate surface area is 163 Å². The minimum absolute atomic E-state index is 0.209. The second kappa shape index (κ2) is 10.1. The molecule has 2 aromatic carbocycles. The van der Waals surface area contributed by atoms with E-state index in [9.17, 15) is 0 Å². The highest BCUT2D eigenvalue weighted by molar-refractivity contribution is 9.10. The molecule has 0 aliphatic heterocycles. The topological polar surface area (TPSA) is 38.0 Å². The van der Waals surface area contributed by atoms with E-state index in [4.69, 9.17) is 18.0 Å². The first kappa shape index (κ1) is 21.1. The molecule has 130 valence electrons. The van der Waals surface area contributed by atoms with Gasteiger partial charge in [-0.1, -0.05) is 71.5 Å². The van der Waals surface area contributed by atoms with Gasteiger partial charge in [-0.25, -0.2) is 0 Å². The molecule has 0 spiro atoms. The molecule has 0 aliphatic carbocycles. The van der Waals surface area contributed by atoms with Crippen LogP contribution in [0, 0.1) is 0 Å². The van der Waals surface area contributed by atoms with E-state index < -0.39 is 5.54 Å². The minimum Gasteiger partial charge on any atom is -0.371 e. The van der Waals surface area contributed by atoms with Crippen LogP contribution in [0.2, 0.25) is 0 Å². The van der Waals surface area contributed by atoms with E-state index in [0.29, 0.717) is 0 Å². The van der Waals surface area contributed by atoms with Crippen molar-refractivity contribution < 1.29 is 0 Å². The Morgan fingerprint density at radius 3 is 2.17 bits per heavy atom. The number of halogens is 2. The van der Waals surface area contributed by atoms with E-state index in [1.807, 2.05) is 12.1 Å². The maximum absolute atomic E-state index is 6.58. The molecule has 0 amide bonds. The van der Waals surface area contributed by atoms with Gasteiger partial charge in [-0.2, -0.15) is 0 Å². The third-order valence-corrected chi connectivity index (χ3v) is 4.82. The maximum atomic E-state index is 6.58. The molecule has 2 rings (SSSR count). The molecule has 0 radical (unpaired) electrons. The Kier molecular flexibility index (Phi) is 8.92. The van der Waals surface area contributed by atoms with Crippen LogP contribution in [0.5, 0.6) is 0 Å². The summed E-state index contributed by atoms with van der Waals surface area (Å²) in [7, 11) is 0. The van der Waals surface area contributed by atoms with Crippen molar-refractivity contribution in [3.8, 4) is 0 Å². The third-order valence-electron chi connectivity index (χ3n) is 4.17. The van der Waals surface area contributed by atoms with E-state index in [0.717, 1.165) is 22.0 Å². The van der Waals surface area contributed by atoms with Crippen LogP contribution in [0.25, 0.3) is 0 Å². The fourth-order valence-corrected chi connectivity index (χ4v) is 3.07. The zero-order valence-electron chi connectivity index (χ0n) is 14.2. The molecule has 2 atom stereocenters. The fourth-order valence-electron chi connectivity index (χ4n) is 2.57. The number of hydrogen-bond donors (Lipinski definition) is 2. The smallest absolute Gasteiger partial charge is 0.0791 e. The molecule has 24 heavy (non-hydrogen) atoms. The minimum atomic E-state index is -0.462. The predicted octanol–water partition coefficient (Wildman–Crippen LogP) is 5.33. The van der Waals surface area contributed by atoms with Gasteiger partial charge in [0, 0.05) is 10.9 Å². The Morgan fingerprint density at radius 1 is 1.17 bits per heavy atom. The van der Waals surface area contributed by atoms with E-state index in [1.165, 1.54) is 11.9 Å². The van der Waals surface area contributed by atoms with Crippen LogP contribution in [0.4, 0.5) is 0 Å². The van der Waals surface area contributed by atoms with Crippen LogP contribution in [-0.4, -0.2) is 11.9 Å². The van der Waals surface area contributed by atoms with Gasteiger partial charge in [-0.3, -0.25) is 0 Å². The molecular weight excluding hydrogens is 404 g/mol. The molecule has 2 unspecified atom stereocenters. The van der Waals surface area contributed by atoms with Crippen molar-refractivity contribution in [2.24, 2.45) is 5.73 Å². The average Bonchev–Trinajstić information content (AvgIpc) is 2.63. The van der Waals surface area contributed by atoms with Crippen LogP contribution in [0.1, 0.15) is 36.6 Å². The number of hydrogen-bond acceptors (Lipinski definition) is 2. The number of alkyl halides is 1. The molecule has 2 aromatic rings. The Hall–Kier alpha value is -0.940. The van der Waals surface area contributed by atoms with Crippen LogP contribution in [0.3, 0.4) is 0 Å². The summed E-state index contributed by atoms with van der Waals surface area (Å²) >= 11 is 13.1. The number of nitrogens with two attached hydrogens (primary N) is 1. The van der Waals surface area contributed by atoms with Gasteiger partial charge >= 0.3 is 0 Å². The first-order valence-electron chi connectivity index (χ1n) is 7.71. The van der Waals surface area contributed by atoms with Gasteiger partial charge in [-0.05, 0) is 42.2 Å². The summed E-state index contributed by atoms with van der Waals surface area (Å²) in [5, 5.41) is 3.27. The normalized spacial score (nSPS) is 13.9. The number of benzene rings is 2. The summed E-state index contributed by atoms with van der Waals surface area (Å²) in [6.07, 6.45) is 2.50. The van der Waals surface area contributed by atoms with Gasteiger partial charge in [0.15, 0.2) is 0 Å². The van der Waals surface area contributed by atoms with Gasteiger partial charge in [0.05, 0.1) is 17.1 Å². The summed E-state index contributed by atoms with van der Waals surface area (Å²) in [5.41, 5.74) is 11.2. The third kappa shape index (κ3) is 5.03. The van der Waals surface area contributed by atoms with Crippen molar-refractivity contribution >= 4 is 45.2 Å². The summed E-state index contributed by atoms with van der Waals surface area (Å²) in [6.45, 7) is 4.23. The second-order valence-electron chi connectivity index (χ2n) is 5.54. The Bertz CT molecular complexity index is 631. The standard InChI is InChI=1S/C18H21BrN2S.CH3Cl/c1-3-13-4-6-14(7-5-13)17(20)18(2,21-12-22)15-8-10-16(19)11-9-15;1-2/h4-12,17H,3,20H2,1-2H3,(H,21,22);1H3. The summed E-state index contributed by atoms with van der Waals surface area (Å²) in [4.78, 5) is 0. The predicted molar refractivity (Wildman–Crippen MR) is 113 cm³/mol. The zero-order valence-corrected chi connectivity index (χ0v) is 17.4. The summed E-state index contributed by atoms with van der Waals surface area (Å²) in [6, 6.07) is 16.4. The van der Waals surface area contributed by atoms with Crippen molar-refractivity contribution in [1.29, 1.82) is 0 Å². The number of aryl methyl sites for hydroxylation is 1. The molecule has 0 fully saturated rings. The van der Waals surface area contributed by atoms with Crippen molar-refractivity contribution in [3.05, 3.63) is 69.7 Å². The zero-order chi connectivity index (χ0) is 18.2. The lowest BCUT2D eigenvalue weighted by Gasteiger charge is -2.36. The van der Waals surface area contributed by atoms with Crippen molar-refractivity contribution in [2.75, 3.05) is 6.38 Å². The van der Waals surface area contributed by atoms with Gasteiger partial charge in [-0.15, -0.1) is 11.6 Å². The van der Waals surface area contributed by atoms with E-state index in [1.54, 1.807) is 5.49 Å². The highest BCUT2D eigenvalue weighted by atomic mass is 79.9. The molecular formula is C19H24BrClN2S. The average molecular weight is 428 g/mol. The highest BCUT2D eigenvalue weighted by Gasteiger charge is 2.33. The van der Waals surface area contributed by atoms with Crippen LogP contribution in [-0.2, 0) is 12.0 Å². The van der Waals surface area contributed by atoms with E-state index in [-0.39, 0.29) is 6.04 Å². The van der Waals surface area contributed by atoms with Crippen LogP contribution >= 0.6 is 39.7 Å². The molecule has 0 aromatic heterocycles. The number of rotatable bonds is 6. The van der Waals surface area contributed by atoms with Gasteiger partial charge in [0.2, 0.25) is 0 Å². The van der Waals surface area contributed by atoms with E-state index >= 15 is 0 Å². The maximum Gasteiger partial charge on any atom is 0.0791 e. The Balaban J connectivity index is 0.00000139. The lowest BCUT2D eigenvalue weighted by Crippen LogP contribution is -2.47. The van der Waals surface area contributed by atoms with Gasteiger partial charge in [0.1, 0.15) is 0 Å². The Morgan fingerprint density at radius 2 is 1.71 bits per heavy atom. The van der Waals surface area contributed by atoms with Crippen LogP contribution < -0.4 is 11.1 Å². The highest BCUT2D eigenvalue weighted by Crippen LogP contribution is 2.33. The summed E-state index contributed by atoms with van der Waals surface area (Å²) < 4.78 is 1.04. The molecule has 3 N–H and O–H groups in total. The molecule has 2 nitrogen and oxygen atoms in total. The largest absolute Gasteiger partial charge is 0.371 e. The van der Waals surface area contributed by atoms with Crippen molar-refractivity contribution in [2.45, 2.75) is 31.8 Å². The second-order valence-corrected chi connectivity index (χ2v) is 6.70. The first-order chi connectivity index (χ1) is 11.5.